The summed E-state index contributed by atoms with van der Waals surface area (Å²) in [4.78, 5) is 0. The molecule has 0 aliphatic heterocycles. The normalized spacial score (nSPS) is 19.4. The summed E-state index contributed by atoms with van der Waals surface area (Å²) in [5.74, 6) is 0.767. The minimum absolute atomic E-state index is 0.451. The van der Waals surface area contributed by atoms with Crippen LogP contribution in [0, 0.1) is 11.3 Å². The lowest BCUT2D eigenvalue weighted by Gasteiger charge is -2.39. The van der Waals surface area contributed by atoms with Gasteiger partial charge in [-0.1, -0.05) is 44.9 Å². The third-order valence-corrected chi connectivity index (χ3v) is 6.12. The van der Waals surface area contributed by atoms with Crippen molar-refractivity contribution in [2.75, 3.05) is 7.05 Å². The van der Waals surface area contributed by atoms with E-state index in [9.17, 15) is 0 Å². The average Bonchev–Trinajstić information content (AvgIpc) is 3.08. The molecule has 0 saturated heterocycles. The molecule has 2 heteroatoms. The zero-order chi connectivity index (χ0) is 14.9. The van der Waals surface area contributed by atoms with Crippen LogP contribution in [0.3, 0.4) is 0 Å². The summed E-state index contributed by atoms with van der Waals surface area (Å²) in [5.41, 5.74) is 1.98. The Morgan fingerprint density at radius 2 is 1.90 bits per heavy atom. The fourth-order valence-corrected chi connectivity index (χ4v) is 5.50. The van der Waals surface area contributed by atoms with Crippen LogP contribution in [0.5, 0.6) is 0 Å². The summed E-state index contributed by atoms with van der Waals surface area (Å²) < 4.78 is 1.42. The van der Waals surface area contributed by atoms with Gasteiger partial charge in [-0.05, 0) is 60.0 Å². The number of rotatable bonds is 5. The van der Waals surface area contributed by atoms with E-state index < -0.39 is 0 Å². The monoisotopic (exact) mass is 301 g/mol. The van der Waals surface area contributed by atoms with Crippen LogP contribution in [-0.4, -0.2) is 7.05 Å². The van der Waals surface area contributed by atoms with Gasteiger partial charge in [0, 0.05) is 10.7 Å². The van der Waals surface area contributed by atoms with Crippen LogP contribution in [0.2, 0.25) is 0 Å². The van der Waals surface area contributed by atoms with Gasteiger partial charge in [0.05, 0.1) is 0 Å². The van der Waals surface area contributed by atoms with Gasteiger partial charge in [0.1, 0.15) is 0 Å². The van der Waals surface area contributed by atoms with Crippen LogP contribution < -0.4 is 5.32 Å². The van der Waals surface area contributed by atoms with Gasteiger partial charge in [0.2, 0.25) is 0 Å². The molecule has 1 aromatic carbocycles. The molecule has 2 aromatic rings. The van der Waals surface area contributed by atoms with E-state index in [4.69, 9.17) is 0 Å². The molecular weight excluding hydrogens is 274 g/mol. The van der Waals surface area contributed by atoms with E-state index in [1.165, 1.54) is 47.8 Å². The maximum Gasteiger partial charge on any atom is 0.0389 e. The van der Waals surface area contributed by atoms with Crippen molar-refractivity contribution < 1.29 is 0 Å². The fraction of sp³-hybridized carbons (Fsp3) is 0.579. The molecule has 1 aliphatic rings. The molecule has 1 fully saturated rings. The fourth-order valence-electron chi connectivity index (χ4n) is 4.52. The van der Waals surface area contributed by atoms with Crippen LogP contribution in [-0.2, 0) is 0 Å². The lowest BCUT2D eigenvalue weighted by Crippen LogP contribution is -2.35. The highest BCUT2D eigenvalue weighted by Gasteiger charge is 2.42. The third kappa shape index (κ3) is 2.76. The molecule has 1 N–H and O–H groups in total. The van der Waals surface area contributed by atoms with E-state index in [0.717, 1.165) is 5.92 Å². The summed E-state index contributed by atoms with van der Waals surface area (Å²) in [6.07, 6.45) is 6.88. The summed E-state index contributed by atoms with van der Waals surface area (Å²) in [6.45, 7) is 4.75. The maximum atomic E-state index is 3.69. The maximum absolute atomic E-state index is 3.69. The first-order valence-corrected chi connectivity index (χ1v) is 9.18. The lowest BCUT2D eigenvalue weighted by molar-refractivity contribution is 0.163. The molecule has 0 spiro atoms. The standard InChI is InChI=1S/C19H27NS/c1-14(2)12-19(10-6-7-11-19)18(20-3)16-13-21-17-9-5-4-8-15(16)17/h4-5,8-9,13-14,18,20H,6-7,10-12H2,1-3H3. The van der Waals surface area contributed by atoms with Gasteiger partial charge >= 0.3 is 0 Å². The van der Waals surface area contributed by atoms with Crippen LogP contribution >= 0.6 is 11.3 Å². The average molecular weight is 301 g/mol. The number of hydrogen-bond acceptors (Lipinski definition) is 2. The van der Waals surface area contributed by atoms with Crippen molar-refractivity contribution >= 4 is 21.4 Å². The Balaban J connectivity index is 2.03. The van der Waals surface area contributed by atoms with Gasteiger partial charge in [-0.3, -0.25) is 0 Å². The second-order valence-corrected chi connectivity index (χ2v) is 7.99. The van der Waals surface area contributed by atoms with E-state index in [2.05, 4.69) is 55.9 Å². The molecule has 1 unspecified atom stereocenters. The number of nitrogens with one attached hydrogen (secondary N) is 1. The number of thiophene rings is 1. The molecule has 21 heavy (non-hydrogen) atoms. The van der Waals surface area contributed by atoms with Gasteiger partial charge < -0.3 is 5.32 Å². The Kier molecular flexibility index (Phi) is 4.37. The quantitative estimate of drug-likeness (QED) is 0.739. The molecule has 1 heterocycles. The molecule has 0 radical (unpaired) electrons. The summed E-state index contributed by atoms with van der Waals surface area (Å²) in [7, 11) is 2.15. The van der Waals surface area contributed by atoms with Crippen molar-refractivity contribution in [2.45, 2.75) is 52.0 Å². The Hall–Kier alpha value is -0.860. The molecule has 0 amide bonds. The van der Waals surface area contributed by atoms with Crippen LogP contribution in [0.15, 0.2) is 29.6 Å². The van der Waals surface area contributed by atoms with Crippen LogP contribution in [0.25, 0.3) is 10.1 Å². The van der Waals surface area contributed by atoms with E-state index in [1.54, 1.807) is 0 Å². The first-order valence-electron chi connectivity index (χ1n) is 8.30. The zero-order valence-electron chi connectivity index (χ0n) is 13.5. The Morgan fingerprint density at radius 1 is 1.19 bits per heavy atom. The summed E-state index contributed by atoms with van der Waals surface area (Å²) in [6, 6.07) is 9.37. The van der Waals surface area contributed by atoms with Crippen molar-refractivity contribution in [1.29, 1.82) is 0 Å². The topological polar surface area (TPSA) is 12.0 Å². The zero-order valence-corrected chi connectivity index (χ0v) is 14.3. The first kappa shape index (κ1) is 15.1. The van der Waals surface area contributed by atoms with Gasteiger partial charge in [-0.15, -0.1) is 11.3 Å². The summed E-state index contributed by atoms with van der Waals surface area (Å²) >= 11 is 1.89. The Morgan fingerprint density at radius 3 is 2.57 bits per heavy atom. The smallest absolute Gasteiger partial charge is 0.0389 e. The number of hydrogen-bond donors (Lipinski definition) is 1. The Labute approximate surface area is 132 Å². The van der Waals surface area contributed by atoms with Gasteiger partial charge in [0.15, 0.2) is 0 Å². The van der Waals surface area contributed by atoms with Crippen molar-refractivity contribution in [3.63, 3.8) is 0 Å². The number of benzene rings is 1. The highest BCUT2D eigenvalue weighted by molar-refractivity contribution is 7.17. The minimum atomic E-state index is 0.451. The van der Waals surface area contributed by atoms with E-state index >= 15 is 0 Å². The highest BCUT2D eigenvalue weighted by Crippen LogP contribution is 2.53. The predicted octanol–water partition coefficient (Wildman–Crippen LogP) is 5.77. The summed E-state index contributed by atoms with van der Waals surface area (Å²) in [5, 5.41) is 7.54. The molecule has 1 saturated carbocycles. The molecule has 1 nitrogen and oxygen atoms in total. The van der Waals surface area contributed by atoms with E-state index in [1.807, 2.05) is 11.3 Å². The SMILES string of the molecule is CNC(c1csc2ccccc12)C1(CC(C)C)CCCC1. The Bertz CT molecular complexity index is 592. The van der Waals surface area contributed by atoms with Crippen molar-refractivity contribution in [1.82, 2.24) is 5.32 Å². The van der Waals surface area contributed by atoms with Crippen molar-refractivity contribution in [3.05, 3.63) is 35.2 Å². The highest BCUT2D eigenvalue weighted by atomic mass is 32.1. The van der Waals surface area contributed by atoms with Gasteiger partial charge in [0.25, 0.3) is 0 Å². The van der Waals surface area contributed by atoms with Gasteiger partial charge in [-0.25, -0.2) is 0 Å². The molecule has 0 bridgehead atoms. The van der Waals surface area contributed by atoms with Crippen molar-refractivity contribution in [3.8, 4) is 0 Å². The van der Waals surface area contributed by atoms with Crippen LogP contribution in [0.1, 0.15) is 57.6 Å². The second kappa shape index (κ2) is 6.10. The molecular formula is C19H27NS. The second-order valence-electron chi connectivity index (χ2n) is 7.08. The molecule has 1 aliphatic carbocycles. The van der Waals surface area contributed by atoms with E-state index in [-0.39, 0.29) is 0 Å². The lowest BCUT2D eigenvalue weighted by atomic mass is 9.70. The third-order valence-electron chi connectivity index (χ3n) is 5.14. The number of fused-ring (bicyclic) bond motifs is 1. The van der Waals surface area contributed by atoms with E-state index in [0.29, 0.717) is 11.5 Å². The van der Waals surface area contributed by atoms with Crippen LogP contribution in [0.4, 0.5) is 0 Å². The van der Waals surface area contributed by atoms with Crippen molar-refractivity contribution in [2.24, 2.45) is 11.3 Å². The first-order chi connectivity index (χ1) is 10.2. The minimum Gasteiger partial charge on any atom is -0.312 e. The van der Waals surface area contributed by atoms with Gasteiger partial charge in [-0.2, -0.15) is 0 Å². The molecule has 1 atom stereocenters. The molecule has 3 rings (SSSR count). The largest absolute Gasteiger partial charge is 0.312 e. The molecule has 1 aromatic heterocycles. The molecule has 114 valence electrons. The predicted molar refractivity (Wildman–Crippen MR) is 94.0 cm³/mol.